The van der Waals surface area contributed by atoms with Crippen molar-refractivity contribution in [1.29, 1.82) is 0 Å². The van der Waals surface area contributed by atoms with Gasteiger partial charge < -0.3 is 10.5 Å². The van der Waals surface area contributed by atoms with Gasteiger partial charge in [-0.25, -0.2) is 0 Å². The first-order valence-electron chi connectivity index (χ1n) is 8.65. The fourth-order valence-corrected chi connectivity index (χ4v) is 2.75. The maximum atomic E-state index is 11.1. The van der Waals surface area contributed by atoms with Gasteiger partial charge in [0.05, 0.1) is 6.61 Å². The van der Waals surface area contributed by atoms with Crippen LogP contribution in [0.4, 0.5) is 0 Å². The van der Waals surface area contributed by atoms with Gasteiger partial charge in [-0.2, -0.15) is 0 Å². The van der Waals surface area contributed by atoms with E-state index in [-0.39, 0.29) is 5.91 Å². The second-order valence-corrected chi connectivity index (χ2v) is 6.29. The average molecular weight is 283 g/mol. The highest BCUT2D eigenvalue weighted by Gasteiger charge is 2.49. The molecule has 1 aliphatic heterocycles. The smallest absolute Gasteiger partial charge is 0.252 e. The molecule has 2 N–H and O–H groups in total. The van der Waals surface area contributed by atoms with Crippen LogP contribution < -0.4 is 5.73 Å². The summed E-state index contributed by atoms with van der Waals surface area (Å²) in [7, 11) is 0. The van der Waals surface area contributed by atoms with E-state index >= 15 is 0 Å². The molecule has 0 aliphatic carbocycles. The van der Waals surface area contributed by atoms with Crippen molar-refractivity contribution in [2.75, 3.05) is 6.61 Å². The Labute approximate surface area is 124 Å². The minimum absolute atomic E-state index is 0.277. The van der Waals surface area contributed by atoms with Gasteiger partial charge in [0.1, 0.15) is 0 Å². The first-order valence-corrected chi connectivity index (χ1v) is 8.65. The van der Waals surface area contributed by atoms with Crippen molar-refractivity contribution in [3.05, 3.63) is 0 Å². The highest BCUT2D eigenvalue weighted by Crippen LogP contribution is 2.32. The number of primary amides is 1. The van der Waals surface area contributed by atoms with Crippen molar-refractivity contribution in [1.82, 2.24) is 0 Å². The third kappa shape index (κ3) is 7.28. The van der Waals surface area contributed by atoms with Crippen molar-refractivity contribution < 1.29 is 9.53 Å². The van der Waals surface area contributed by atoms with Crippen LogP contribution in [0.5, 0.6) is 0 Å². The fraction of sp³-hybridized carbons (Fsp3) is 0.941. The van der Waals surface area contributed by atoms with E-state index in [9.17, 15) is 4.79 Å². The molecule has 1 unspecified atom stereocenters. The molecule has 1 fully saturated rings. The Kier molecular flexibility index (Phi) is 8.92. The molecule has 1 heterocycles. The molecule has 3 heteroatoms. The molecule has 0 radical (unpaired) electrons. The number of rotatable bonds is 14. The standard InChI is InChI=1S/C17H33NO2/c1-2-3-4-5-6-7-8-9-10-11-12-13-14-17(15-20-17)16(18)19/h2-15H2,1H3,(H2,18,19). The van der Waals surface area contributed by atoms with E-state index in [0.29, 0.717) is 6.61 Å². The number of unbranched alkanes of at least 4 members (excludes halogenated alkanes) is 11. The summed E-state index contributed by atoms with van der Waals surface area (Å²) in [5, 5.41) is 0. The number of epoxide rings is 1. The van der Waals surface area contributed by atoms with E-state index in [0.717, 1.165) is 12.8 Å². The number of ether oxygens (including phenoxy) is 1. The highest BCUT2D eigenvalue weighted by atomic mass is 16.6. The van der Waals surface area contributed by atoms with Crippen LogP contribution in [0, 0.1) is 0 Å². The molecule has 118 valence electrons. The van der Waals surface area contributed by atoms with Crippen LogP contribution in [0.25, 0.3) is 0 Å². The molecule has 1 aliphatic rings. The highest BCUT2D eigenvalue weighted by molar-refractivity contribution is 5.85. The van der Waals surface area contributed by atoms with Gasteiger partial charge in [-0.1, -0.05) is 77.6 Å². The van der Waals surface area contributed by atoms with Crippen molar-refractivity contribution in [2.45, 2.75) is 96.0 Å². The average Bonchev–Trinajstić information content (AvgIpc) is 3.21. The van der Waals surface area contributed by atoms with Gasteiger partial charge in [-0.05, 0) is 12.8 Å². The predicted molar refractivity (Wildman–Crippen MR) is 83.6 cm³/mol. The van der Waals surface area contributed by atoms with Gasteiger partial charge in [0.15, 0.2) is 5.60 Å². The molecule has 3 nitrogen and oxygen atoms in total. The zero-order valence-electron chi connectivity index (χ0n) is 13.3. The van der Waals surface area contributed by atoms with Gasteiger partial charge >= 0.3 is 0 Å². The molecule has 0 aromatic carbocycles. The second-order valence-electron chi connectivity index (χ2n) is 6.29. The number of hydrogen-bond donors (Lipinski definition) is 1. The molecular formula is C17H33NO2. The monoisotopic (exact) mass is 283 g/mol. The van der Waals surface area contributed by atoms with Crippen molar-refractivity contribution >= 4 is 5.91 Å². The van der Waals surface area contributed by atoms with Crippen LogP contribution in [0.15, 0.2) is 0 Å². The maximum Gasteiger partial charge on any atom is 0.252 e. The van der Waals surface area contributed by atoms with Gasteiger partial charge in [-0.15, -0.1) is 0 Å². The van der Waals surface area contributed by atoms with E-state index < -0.39 is 5.60 Å². The fourth-order valence-electron chi connectivity index (χ4n) is 2.75. The van der Waals surface area contributed by atoms with Crippen LogP contribution in [0.2, 0.25) is 0 Å². The summed E-state index contributed by atoms with van der Waals surface area (Å²) < 4.78 is 5.18. The summed E-state index contributed by atoms with van der Waals surface area (Å²) in [4.78, 5) is 11.1. The lowest BCUT2D eigenvalue weighted by molar-refractivity contribution is -0.123. The number of nitrogens with two attached hydrogens (primary N) is 1. The Balaban J connectivity index is 1.76. The van der Waals surface area contributed by atoms with Crippen molar-refractivity contribution in [3.8, 4) is 0 Å². The summed E-state index contributed by atoms with van der Waals surface area (Å²) in [5.41, 5.74) is 4.74. The second kappa shape index (κ2) is 10.2. The van der Waals surface area contributed by atoms with E-state index in [1.54, 1.807) is 0 Å². The molecule has 1 rings (SSSR count). The number of carbonyl (C=O) groups is 1. The summed E-state index contributed by atoms with van der Waals surface area (Å²) in [5.74, 6) is -0.277. The molecular weight excluding hydrogens is 250 g/mol. The number of amides is 1. The van der Waals surface area contributed by atoms with Crippen LogP contribution in [0.3, 0.4) is 0 Å². The van der Waals surface area contributed by atoms with E-state index in [1.807, 2.05) is 0 Å². The minimum atomic E-state index is -0.571. The SMILES string of the molecule is CCCCCCCCCCCCCCC1(C(N)=O)CO1. The van der Waals surface area contributed by atoms with Crippen molar-refractivity contribution in [3.63, 3.8) is 0 Å². The summed E-state index contributed by atoms with van der Waals surface area (Å²) in [6, 6.07) is 0. The Morgan fingerprint density at radius 2 is 1.30 bits per heavy atom. The quantitative estimate of drug-likeness (QED) is 0.381. The third-order valence-electron chi connectivity index (χ3n) is 4.38. The Bertz CT molecular complexity index is 262. The zero-order chi connectivity index (χ0) is 14.7. The topological polar surface area (TPSA) is 55.6 Å². The molecule has 0 aromatic heterocycles. The van der Waals surface area contributed by atoms with Crippen LogP contribution in [0.1, 0.15) is 90.4 Å². The third-order valence-corrected chi connectivity index (χ3v) is 4.38. The number of carbonyl (C=O) groups excluding carboxylic acids is 1. The van der Waals surface area contributed by atoms with Crippen LogP contribution in [-0.4, -0.2) is 18.1 Å². The Hall–Kier alpha value is -0.570. The van der Waals surface area contributed by atoms with Gasteiger partial charge in [-0.3, -0.25) is 4.79 Å². The minimum Gasteiger partial charge on any atom is -0.367 e. The zero-order valence-corrected chi connectivity index (χ0v) is 13.3. The summed E-state index contributed by atoms with van der Waals surface area (Å²) in [6.45, 7) is 2.81. The van der Waals surface area contributed by atoms with E-state index in [2.05, 4.69) is 6.92 Å². The first-order chi connectivity index (χ1) is 9.71. The molecule has 0 saturated carbocycles. The van der Waals surface area contributed by atoms with Gasteiger partial charge in [0.25, 0.3) is 5.91 Å². The molecule has 1 saturated heterocycles. The largest absolute Gasteiger partial charge is 0.367 e. The molecule has 0 aromatic rings. The maximum absolute atomic E-state index is 11.1. The molecule has 1 atom stereocenters. The van der Waals surface area contributed by atoms with Gasteiger partial charge in [0, 0.05) is 0 Å². The number of hydrogen-bond acceptors (Lipinski definition) is 2. The lowest BCUT2D eigenvalue weighted by Gasteiger charge is -2.07. The molecule has 0 bridgehead atoms. The molecule has 0 spiro atoms. The lowest BCUT2D eigenvalue weighted by atomic mass is 10.00. The molecule has 20 heavy (non-hydrogen) atoms. The lowest BCUT2D eigenvalue weighted by Crippen LogP contribution is -2.31. The van der Waals surface area contributed by atoms with Crippen LogP contribution in [-0.2, 0) is 9.53 Å². The summed E-state index contributed by atoms with van der Waals surface area (Å²) in [6.07, 6.45) is 16.9. The Morgan fingerprint density at radius 3 is 1.65 bits per heavy atom. The first kappa shape index (κ1) is 17.5. The van der Waals surface area contributed by atoms with E-state index in [1.165, 1.54) is 70.6 Å². The normalized spacial score (nSPS) is 21.1. The van der Waals surface area contributed by atoms with Crippen LogP contribution >= 0.6 is 0 Å². The molecule has 1 amide bonds. The van der Waals surface area contributed by atoms with Crippen molar-refractivity contribution in [2.24, 2.45) is 5.73 Å². The summed E-state index contributed by atoms with van der Waals surface area (Å²) >= 11 is 0. The Morgan fingerprint density at radius 1 is 0.900 bits per heavy atom. The van der Waals surface area contributed by atoms with Gasteiger partial charge in [0.2, 0.25) is 0 Å². The predicted octanol–water partition coefficient (Wildman–Crippen LogP) is 4.33. The van der Waals surface area contributed by atoms with E-state index in [4.69, 9.17) is 10.5 Å².